The molecule has 2 atom stereocenters. The third kappa shape index (κ3) is 3.94. The van der Waals surface area contributed by atoms with Crippen molar-refractivity contribution in [3.8, 4) is 5.75 Å². The molecule has 2 aliphatic rings. The van der Waals surface area contributed by atoms with Crippen LogP contribution < -0.4 is 10.1 Å². The summed E-state index contributed by atoms with van der Waals surface area (Å²) >= 11 is 0. The number of rotatable bonds is 7. The Labute approximate surface area is 156 Å². The molecule has 1 fully saturated rings. The van der Waals surface area contributed by atoms with E-state index in [1.54, 1.807) is 12.1 Å². The average molecular weight is 374 g/mol. The van der Waals surface area contributed by atoms with Crippen molar-refractivity contribution in [2.75, 3.05) is 0 Å². The predicted octanol–water partition coefficient (Wildman–Crippen LogP) is 1.47. The van der Waals surface area contributed by atoms with Crippen molar-refractivity contribution in [2.24, 2.45) is 0 Å². The van der Waals surface area contributed by atoms with Gasteiger partial charge in [0.05, 0.1) is 0 Å². The number of benzene rings is 1. The Morgan fingerprint density at radius 3 is 2.81 bits per heavy atom. The Morgan fingerprint density at radius 1 is 1.37 bits per heavy atom. The summed E-state index contributed by atoms with van der Waals surface area (Å²) in [6, 6.07) is 4.21. The molecule has 3 rings (SSSR count). The Balaban J connectivity index is 1.75. The van der Waals surface area contributed by atoms with Gasteiger partial charge in [-0.15, -0.1) is 0 Å². The first-order valence-electron chi connectivity index (χ1n) is 9.07. The largest absolute Gasteiger partial charge is 0.479 e. The molecular formula is C19H22N2O6. The van der Waals surface area contributed by atoms with Crippen LogP contribution in [0.25, 0.3) is 0 Å². The van der Waals surface area contributed by atoms with E-state index in [4.69, 9.17) is 4.74 Å². The molecule has 8 nitrogen and oxygen atoms in total. The summed E-state index contributed by atoms with van der Waals surface area (Å²) < 4.78 is 5.57. The molecule has 0 saturated carbocycles. The van der Waals surface area contributed by atoms with Crippen molar-refractivity contribution in [2.45, 2.75) is 57.7 Å². The number of aliphatic carboxylic acids is 1. The number of fused-ring (bicyclic) bond motifs is 1. The van der Waals surface area contributed by atoms with Crippen molar-refractivity contribution in [1.82, 2.24) is 10.2 Å². The van der Waals surface area contributed by atoms with Crippen LogP contribution in [0.4, 0.5) is 0 Å². The molecule has 144 valence electrons. The lowest BCUT2D eigenvalue weighted by atomic mass is 10.0. The van der Waals surface area contributed by atoms with E-state index < -0.39 is 24.0 Å². The van der Waals surface area contributed by atoms with Gasteiger partial charge in [0.15, 0.2) is 6.10 Å². The van der Waals surface area contributed by atoms with Gasteiger partial charge in [-0.05, 0) is 37.0 Å². The van der Waals surface area contributed by atoms with Gasteiger partial charge in [0.2, 0.25) is 11.8 Å². The molecule has 2 aliphatic heterocycles. The average Bonchev–Trinajstić information content (AvgIpc) is 2.94. The first-order valence-corrected chi connectivity index (χ1v) is 9.07. The summed E-state index contributed by atoms with van der Waals surface area (Å²) in [6.45, 7) is 2.25. The molecule has 1 saturated heterocycles. The van der Waals surface area contributed by atoms with Crippen LogP contribution in [0.15, 0.2) is 18.2 Å². The monoisotopic (exact) mass is 374 g/mol. The third-order valence-corrected chi connectivity index (χ3v) is 4.87. The number of hydrogen-bond donors (Lipinski definition) is 2. The number of unbranched alkanes of at least 4 members (excludes halogenated alkanes) is 1. The van der Waals surface area contributed by atoms with Gasteiger partial charge >= 0.3 is 5.97 Å². The summed E-state index contributed by atoms with van der Waals surface area (Å²) in [5, 5.41) is 11.6. The van der Waals surface area contributed by atoms with Crippen LogP contribution in [-0.4, -0.2) is 45.8 Å². The highest BCUT2D eigenvalue weighted by Crippen LogP contribution is 2.30. The molecular weight excluding hydrogens is 352 g/mol. The second-order valence-electron chi connectivity index (χ2n) is 6.81. The van der Waals surface area contributed by atoms with Crippen LogP contribution >= 0.6 is 0 Å². The van der Waals surface area contributed by atoms with E-state index in [0.29, 0.717) is 24.2 Å². The number of piperidine rings is 1. The lowest BCUT2D eigenvalue weighted by molar-refractivity contribution is -0.145. The standard InChI is InChI=1S/C19H22N2O6/c1-2-3-4-15(19(25)26)27-12-6-5-11-10-21(18(24)13(11)9-12)14-7-8-16(22)20-17(14)23/h5-6,9,14-15H,2-4,7-8,10H2,1H3,(H,25,26)(H,20,22,23). The van der Waals surface area contributed by atoms with Gasteiger partial charge in [-0.1, -0.05) is 19.4 Å². The maximum Gasteiger partial charge on any atom is 0.344 e. The van der Waals surface area contributed by atoms with Gasteiger partial charge in [0.25, 0.3) is 5.91 Å². The maximum absolute atomic E-state index is 12.8. The molecule has 0 aromatic heterocycles. The zero-order valence-electron chi connectivity index (χ0n) is 15.1. The first kappa shape index (κ1) is 18.9. The van der Waals surface area contributed by atoms with E-state index in [2.05, 4.69) is 5.32 Å². The zero-order valence-corrected chi connectivity index (χ0v) is 15.1. The van der Waals surface area contributed by atoms with Crippen LogP contribution in [0.2, 0.25) is 0 Å². The number of carbonyl (C=O) groups is 4. The minimum Gasteiger partial charge on any atom is -0.479 e. The normalized spacial score (nSPS) is 20.3. The van der Waals surface area contributed by atoms with Gasteiger partial charge < -0.3 is 14.7 Å². The number of carbonyl (C=O) groups excluding carboxylic acids is 3. The topological polar surface area (TPSA) is 113 Å². The summed E-state index contributed by atoms with van der Waals surface area (Å²) in [5.41, 5.74) is 1.15. The van der Waals surface area contributed by atoms with Gasteiger partial charge in [-0.25, -0.2) is 4.79 Å². The Kier molecular flexibility index (Phi) is 5.43. The van der Waals surface area contributed by atoms with E-state index in [9.17, 15) is 24.3 Å². The molecule has 0 bridgehead atoms. The summed E-state index contributed by atoms with van der Waals surface area (Å²) in [4.78, 5) is 48.9. The SMILES string of the molecule is CCCCC(Oc1ccc2c(c1)C(=O)N(C1CCC(=O)NC1=O)C2)C(=O)O. The molecule has 2 N–H and O–H groups in total. The van der Waals surface area contributed by atoms with Crippen LogP contribution in [0.5, 0.6) is 5.75 Å². The predicted molar refractivity (Wildman–Crippen MR) is 94.1 cm³/mol. The second kappa shape index (κ2) is 7.77. The lowest BCUT2D eigenvalue weighted by Gasteiger charge is -2.29. The fraction of sp³-hybridized carbons (Fsp3) is 0.474. The zero-order chi connectivity index (χ0) is 19.6. The molecule has 3 amide bonds. The Bertz CT molecular complexity index is 790. The number of amides is 3. The summed E-state index contributed by atoms with van der Waals surface area (Å²) in [5.74, 6) is -1.83. The van der Waals surface area contributed by atoms with E-state index in [1.807, 2.05) is 6.92 Å². The highest BCUT2D eigenvalue weighted by atomic mass is 16.5. The molecule has 8 heteroatoms. The number of hydrogen-bond acceptors (Lipinski definition) is 5. The van der Waals surface area contributed by atoms with E-state index in [1.165, 1.54) is 11.0 Å². The second-order valence-corrected chi connectivity index (χ2v) is 6.81. The van der Waals surface area contributed by atoms with Gasteiger partial charge in [0.1, 0.15) is 11.8 Å². The number of carboxylic acids is 1. The molecule has 0 radical (unpaired) electrons. The highest BCUT2D eigenvalue weighted by molar-refractivity contribution is 6.05. The summed E-state index contributed by atoms with van der Waals surface area (Å²) in [7, 11) is 0. The molecule has 27 heavy (non-hydrogen) atoms. The van der Waals surface area contributed by atoms with Gasteiger partial charge in [-0.2, -0.15) is 0 Å². The molecule has 2 unspecified atom stereocenters. The number of ether oxygens (including phenoxy) is 1. The van der Waals surface area contributed by atoms with E-state index >= 15 is 0 Å². The first-order chi connectivity index (χ1) is 12.9. The molecule has 0 spiro atoms. The van der Waals surface area contributed by atoms with Crippen molar-refractivity contribution >= 4 is 23.7 Å². The summed E-state index contributed by atoms with van der Waals surface area (Å²) in [6.07, 6.45) is 1.50. The number of nitrogens with zero attached hydrogens (tertiary/aromatic N) is 1. The molecule has 2 heterocycles. The quantitative estimate of drug-likeness (QED) is 0.699. The Morgan fingerprint density at radius 2 is 2.15 bits per heavy atom. The lowest BCUT2D eigenvalue weighted by Crippen LogP contribution is -2.52. The number of imide groups is 1. The minimum absolute atomic E-state index is 0.197. The third-order valence-electron chi connectivity index (χ3n) is 4.87. The fourth-order valence-corrected chi connectivity index (χ4v) is 3.39. The Hall–Kier alpha value is -2.90. The van der Waals surface area contributed by atoms with E-state index in [0.717, 1.165) is 18.4 Å². The number of carboxylic acid groups (broad SMARTS) is 1. The molecule has 1 aromatic carbocycles. The van der Waals surface area contributed by atoms with Crippen LogP contribution in [0.1, 0.15) is 54.9 Å². The minimum atomic E-state index is -1.04. The van der Waals surface area contributed by atoms with Gasteiger partial charge in [-0.3, -0.25) is 19.7 Å². The smallest absolute Gasteiger partial charge is 0.344 e. The highest BCUT2D eigenvalue weighted by Gasteiger charge is 2.39. The maximum atomic E-state index is 12.8. The fourth-order valence-electron chi connectivity index (χ4n) is 3.39. The van der Waals surface area contributed by atoms with Gasteiger partial charge in [0, 0.05) is 18.5 Å². The van der Waals surface area contributed by atoms with E-state index in [-0.39, 0.29) is 24.8 Å². The van der Waals surface area contributed by atoms with Crippen molar-refractivity contribution < 1.29 is 29.0 Å². The van der Waals surface area contributed by atoms with Crippen LogP contribution in [0, 0.1) is 0 Å². The van der Waals surface area contributed by atoms with Crippen molar-refractivity contribution in [3.63, 3.8) is 0 Å². The van der Waals surface area contributed by atoms with Crippen molar-refractivity contribution in [3.05, 3.63) is 29.3 Å². The van der Waals surface area contributed by atoms with Crippen LogP contribution in [-0.2, 0) is 20.9 Å². The molecule has 1 aromatic rings. The number of nitrogens with one attached hydrogen (secondary N) is 1. The molecule has 0 aliphatic carbocycles. The van der Waals surface area contributed by atoms with Crippen molar-refractivity contribution in [1.29, 1.82) is 0 Å². The van der Waals surface area contributed by atoms with Crippen LogP contribution in [0.3, 0.4) is 0 Å².